The molecule has 8 nitrogen and oxygen atoms in total. The first-order valence-corrected chi connectivity index (χ1v) is 11.3. The first kappa shape index (κ1) is 23.2. The molecule has 2 aromatic heterocycles. The Morgan fingerprint density at radius 2 is 1.68 bits per heavy atom. The number of carbonyl (C=O) groups excluding carboxylic acids is 2. The maximum atomic E-state index is 12.7. The predicted octanol–water partition coefficient (Wildman–Crippen LogP) is 3.55. The lowest BCUT2D eigenvalue weighted by Crippen LogP contribution is -2.40. The standard InChI is InChI=1S/C26H30N4O4/c1-17(31)27-11-9-20-16-30(26-8-6-22(34-4)14-24(20)26)29(18(2)32)12-10-19-15-28-25-7-5-21(33-3)13-23(19)25/h5-8,13-16,28H,9-12H2,1-4H3,(H,27,31). The van der Waals surface area contributed by atoms with E-state index in [-0.39, 0.29) is 11.8 Å². The van der Waals surface area contributed by atoms with Gasteiger partial charge in [0.1, 0.15) is 11.5 Å². The summed E-state index contributed by atoms with van der Waals surface area (Å²) in [6.07, 6.45) is 5.28. The third-order valence-electron chi connectivity index (χ3n) is 6.03. The molecule has 0 aliphatic carbocycles. The zero-order valence-electron chi connectivity index (χ0n) is 20.0. The Balaban J connectivity index is 1.66. The Hall–Kier alpha value is -3.94. The Kier molecular flexibility index (Phi) is 6.77. The summed E-state index contributed by atoms with van der Waals surface area (Å²) < 4.78 is 12.7. The first-order valence-electron chi connectivity index (χ1n) is 11.3. The Morgan fingerprint density at radius 1 is 0.971 bits per heavy atom. The second-order valence-electron chi connectivity index (χ2n) is 8.23. The molecule has 0 spiro atoms. The number of benzene rings is 2. The second kappa shape index (κ2) is 9.91. The third kappa shape index (κ3) is 4.71. The van der Waals surface area contributed by atoms with E-state index in [9.17, 15) is 9.59 Å². The molecule has 0 radical (unpaired) electrons. The summed E-state index contributed by atoms with van der Waals surface area (Å²) in [7, 11) is 3.29. The molecule has 2 amide bonds. The number of H-pyrrole nitrogens is 1. The summed E-state index contributed by atoms with van der Waals surface area (Å²) >= 11 is 0. The lowest BCUT2D eigenvalue weighted by atomic mass is 10.1. The van der Waals surface area contributed by atoms with Gasteiger partial charge in [-0.15, -0.1) is 0 Å². The smallest absolute Gasteiger partial charge is 0.238 e. The van der Waals surface area contributed by atoms with Crippen LogP contribution in [0.1, 0.15) is 25.0 Å². The fourth-order valence-corrected chi connectivity index (χ4v) is 4.29. The zero-order chi connectivity index (χ0) is 24.2. The van der Waals surface area contributed by atoms with Gasteiger partial charge in [0, 0.05) is 55.6 Å². The van der Waals surface area contributed by atoms with Gasteiger partial charge in [-0.2, -0.15) is 0 Å². The molecule has 2 heterocycles. The van der Waals surface area contributed by atoms with Gasteiger partial charge in [-0.1, -0.05) is 0 Å². The number of fused-ring (bicyclic) bond motifs is 2. The van der Waals surface area contributed by atoms with E-state index in [1.54, 1.807) is 26.2 Å². The van der Waals surface area contributed by atoms with Crippen molar-refractivity contribution in [1.29, 1.82) is 0 Å². The van der Waals surface area contributed by atoms with Gasteiger partial charge in [0.15, 0.2) is 0 Å². The van der Waals surface area contributed by atoms with Crippen molar-refractivity contribution in [3.63, 3.8) is 0 Å². The van der Waals surface area contributed by atoms with E-state index in [0.29, 0.717) is 25.9 Å². The molecule has 8 heteroatoms. The van der Waals surface area contributed by atoms with Gasteiger partial charge in [-0.05, 0) is 60.4 Å². The van der Waals surface area contributed by atoms with E-state index >= 15 is 0 Å². The highest BCUT2D eigenvalue weighted by Gasteiger charge is 2.18. The van der Waals surface area contributed by atoms with Crippen LogP contribution in [-0.2, 0) is 22.4 Å². The van der Waals surface area contributed by atoms with Crippen LogP contribution in [0.15, 0.2) is 48.8 Å². The molecule has 0 saturated carbocycles. The summed E-state index contributed by atoms with van der Waals surface area (Å²) in [5.74, 6) is 1.42. The number of nitrogens with zero attached hydrogens (tertiary/aromatic N) is 2. The van der Waals surface area contributed by atoms with Crippen LogP contribution >= 0.6 is 0 Å². The topological polar surface area (TPSA) is 88.6 Å². The molecule has 34 heavy (non-hydrogen) atoms. The fourth-order valence-electron chi connectivity index (χ4n) is 4.29. The molecule has 0 atom stereocenters. The quantitative estimate of drug-likeness (QED) is 0.398. The lowest BCUT2D eigenvalue weighted by molar-refractivity contribution is -0.119. The van der Waals surface area contributed by atoms with E-state index in [1.165, 1.54) is 6.92 Å². The van der Waals surface area contributed by atoms with Crippen molar-refractivity contribution >= 4 is 33.6 Å². The van der Waals surface area contributed by atoms with Crippen molar-refractivity contribution in [2.75, 3.05) is 32.3 Å². The molecule has 0 unspecified atom stereocenters. The number of hydrogen-bond acceptors (Lipinski definition) is 4. The number of methoxy groups -OCH3 is 2. The molecule has 4 rings (SSSR count). The summed E-state index contributed by atoms with van der Waals surface area (Å²) in [5.41, 5.74) is 4.09. The number of carbonyl (C=O) groups is 2. The average molecular weight is 463 g/mol. The van der Waals surface area contributed by atoms with Gasteiger partial charge in [0.05, 0.1) is 19.7 Å². The van der Waals surface area contributed by atoms with Crippen molar-refractivity contribution in [2.45, 2.75) is 26.7 Å². The number of hydrogen-bond donors (Lipinski definition) is 2. The minimum absolute atomic E-state index is 0.0569. The molecule has 0 aliphatic rings. The van der Waals surface area contributed by atoms with Crippen LogP contribution in [0.2, 0.25) is 0 Å². The molecular weight excluding hydrogens is 432 g/mol. The van der Waals surface area contributed by atoms with Gasteiger partial charge in [-0.25, -0.2) is 5.01 Å². The number of nitrogens with one attached hydrogen (secondary N) is 2. The first-order chi connectivity index (χ1) is 16.4. The normalized spacial score (nSPS) is 11.1. The van der Waals surface area contributed by atoms with Crippen LogP contribution in [0.3, 0.4) is 0 Å². The number of aromatic amines is 1. The van der Waals surface area contributed by atoms with Crippen molar-refractivity contribution in [3.05, 3.63) is 59.9 Å². The largest absolute Gasteiger partial charge is 0.497 e. The minimum Gasteiger partial charge on any atom is -0.497 e. The summed E-state index contributed by atoms with van der Waals surface area (Å²) in [4.78, 5) is 27.4. The molecule has 4 aromatic rings. The molecule has 0 fully saturated rings. The lowest BCUT2D eigenvalue weighted by Gasteiger charge is -2.23. The van der Waals surface area contributed by atoms with E-state index < -0.39 is 0 Å². The monoisotopic (exact) mass is 462 g/mol. The van der Waals surface area contributed by atoms with Gasteiger partial charge in [0.2, 0.25) is 11.8 Å². The number of aromatic nitrogens is 2. The van der Waals surface area contributed by atoms with Crippen LogP contribution in [-0.4, -0.2) is 48.8 Å². The second-order valence-corrected chi connectivity index (χ2v) is 8.23. The molecule has 2 N–H and O–H groups in total. The number of ether oxygens (including phenoxy) is 2. The molecule has 0 aliphatic heterocycles. The molecule has 0 saturated heterocycles. The fraction of sp³-hybridized carbons (Fsp3) is 0.308. The van der Waals surface area contributed by atoms with E-state index in [4.69, 9.17) is 9.47 Å². The Labute approximate surface area is 198 Å². The molecular formula is C26H30N4O4. The highest BCUT2D eigenvalue weighted by Crippen LogP contribution is 2.28. The van der Waals surface area contributed by atoms with Crippen molar-refractivity contribution < 1.29 is 19.1 Å². The van der Waals surface area contributed by atoms with Crippen molar-refractivity contribution in [3.8, 4) is 11.5 Å². The van der Waals surface area contributed by atoms with E-state index in [1.807, 2.05) is 53.5 Å². The summed E-state index contributed by atoms with van der Waals surface area (Å²) in [6, 6.07) is 11.8. The van der Waals surface area contributed by atoms with Gasteiger partial charge in [0.25, 0.3) is 0 Å². The number of amides is 2. The van der Waals surface area contributed by atoms with E-state index in [2.05, 4.69) is 10.3 Å². The Morgan fingerprint density at radius 3 is 2.35 bits per heavy atom. The summed E-state index contributed by atoms with van der Waals surface area (Å²) in [6.45, 7) is 4.10. The zero-order valence-corrected chi connectivity index (χ0v) is 20.0. The van der Waals surface area contributed by atoms with E-state index in [0.717, 1.165) is 44.4 Å². The number of rotatable bonds is 9. The maximum Gasteiger partial charge on any atom is 0.238 e. The van der Waals surface area contributed by atoms with Crippen LogP contribution in [0.4, 0.5) is 0 Å². The predicted molar refractivity (Wildman–Crippen MR) is 133 cm³/mol. The highest BCUT2D eigenvalue weighted by atomic mass is 16.5. The molecule has 178 valence electrons. The SMILES string of the molecule is COc1ccc2[nH]cc(CCN(C(C)=O)n3cc(CCNC(C)=O)c4cc(OC)ccc43)c2c1. The minimum atomic E-state index is -0.0676. The molecule has 0 bridgehead atoms. The third-order valence-corrected chi connectivity index (χ3v) is 6.03. The van der Waals surface area contributed by atoms with Crippen LogP contribution in [0.25, 0.3) is 21.8 Å². The highest BCUT2D eigenvalue weighted by molar-refractivity contribution is 5.91. The maximum absolute atomic E-state index is 12.7. The van der Waals surface area contributed by atoms with Crippen molar-refractivity contribution in [2.24, 2.45) is 0 Å². The van der Waals surface area contributed by atoms with Crippen molar-refractivity contribution in [1.82, 2.24) is 15.0 Å². The average Bonchev–Trinajstić information content (AvgIpc) is 3.39. The van der Waals surface area contributed by atoms with Crippen LogP contribution < -0.4 is 19.8 Å². The van der Waals surface area contributed by atoms with Crippen LogP contribution in [0.5, 0.6) is 11.5 Å². The van der Waals surface area contributed by atoms with Gasteiger partial charge < -0.3 is 19.8 Å². The van der Waals surface area contributed by atoms with Gasteiger partial charge >= 0.3 is 0 Å². The van der Waals surface area contributed by atoms with Gasteiger partial charge in [-0.3, -0.25) is 14.3 Å². The summed E-state index contributed by atoms with van der Waals surface area (Å²) in [5, 5.41) is 6.67. The Bertz CT molecular complexity index is 1340. The van der Waals surface area contributed by atoms with Crippen LogP contribution in [0, 0.1) is 0 Å². The molecule has 2 aromatic carbocycles.